The van der Waals surface area contributed by atoms with E-state index in [-0.39, 0.29) is 11.6 Å². The van der Waals surface area contributed by atoms with Gasteiger partial charge in [0.2, 0.25) is 0 Å². The van der Waals surface area contributed by atoms with Gasteiger partial charge in [0.25, 0.3) is 0 Å². The van der Waals surface area contributed by atoms with Gasteiger partial charge in [-0.05, 0) is 36.0 Å². The molecule has 2 unspecified atom stereocenters. The lowest BCUT2D eigenvalue weighted by Crippen LogP contribution is -2.58. The van der Waals surface area contributed by atoms with Crippen LogP contribution in [0.15, 0.2) is 54.6 Å². The van der Waals surface area contributed by atoms with Crippen LogP contribution in [0.4, 0.5) is 0 Å². The molecule has 4 N–H and O–H groups in total. The Labute approximate surface area is 139 Å². The molecule has 0 radical (unpaired) electrons. The summed E-state index contributed by atoms with van der Waals surface area (Å²) in [6.45, 7) is 0. The topological polar surface area (TPSA) is 52.0 Å². The average molecular weight is 306 g/mol. The minimum atomic E-state index is -0.269. The van der Waals surface area contributed by atoms with Crippen molar-refractivity contribution >= 4 is 12.2 Å². The van der Waals surface area contributed by atoms with Gasteiger partial charge < -0.3 is 11.5 Å². The van der Waals surface area contributed by atoms with Crippen LogP contribution in [-0.2, 0) is 6.42 Å². The molecule has 23 heavy (non-hydrogen) atoms. The Bertz CT molecular complexity index is 663. The number of benzene rings is 2. The largest absolute Gasteiger partial charge is 0.326 e. The normalized spacial score (nSPS) is 24.9. The van der Waals surface area contributed by atoms with E-state index in [2.05, 4.69) is 60.7 Å². The molecule has 0 aromatic heterocycles. The van der Waals surface area contributed by atoms with Gasteiger partial charge in [0.1, 0.15) is 0 Å². The number of nitrogens with two attached hydrogens (primary N) is 2. The third kappa shape index (κ3) is 3.90. The molecule has 0 heterocycles. The first-order valence-electron chi connectivity index (χ1n) is 8.53. The molecule has 1 saturated carbocycles. The maximum atomic E-state index is 6.66. The third-order valence-corrected chi connectivity index (χ3v) is 4.98. The molecule has 2 aromatic carbocycles. The van der Waals surface area contributed by atoms with Gasteiger partial charge in [0.15, 0.2) is 0 Å². The monoisotopic (exact) mass is 306 g/mol. The molecular weight excluding hydrogens is 280 g/mol. The average Bonchev–Trinajstić information content (AvgIpc) is 2.58. The first-order chi connectivity index (χ1) is 11.2. The van der Waals surface area contributed by atoms with Crippen LogP contribution < -0.4 is 11.5 Å². The summed E-state index contributed by atoms with van der Waals surface area (Å²) in [7, 11) is 0. The van der Waals surface area contributed by atoms with Crippen molar-refractivity contribution in [3.05, 3.63) is 71.3 Å². The number of hydrogen-bond donors (Lipinski definition) is 2. The zero-order chi connectivity index (χ0) is 16.1. The van der Waals surface area contributed by atoms with Crippen LogP contribution in [0, 0.1) is 0 Å². The van der Waals surface area contributed by atoms with Crippen LogP contribution in [0.25, 0.3) is 12.2 Å². The molecule has 0 spiro atoms. The van der Waals surface area contributed by atoms with Crippen molar-refractivity contribution in [1.29, 1.82) is 0 Å². The molecule has 0 amide bonds. The SMILES string of the molecule is NC1CCCCC1(N)Cc1ccccc1C=Cc1ccccc1. The summed E-state index contributed by atoms with van der Waals surface area (Å²) < 4.78 is 0. The maximum Gasteiger partial charge on any atom is 0.0348 e. The fourth-order valence-electron chi connectivity index (χ4n) is 3.47. The second-order valence-electron chi connectivity index (χ2n) is 6.71. The molecule has 0 saturated heterocycles. The highest BCUT2D eigenvalue weighted by Crippen LogP contribution is 2.29. The Balaban J connectivity index is 1.82. The highest BCUT2D eigenvalue weighted by atomic mass is 14.9. The van der Waals surface area contributed by atoms with Gasteiger partial charge in [-0.3, -0.25) is 0 Å². The summed E-state index contributed by atoms with van der Waals surface area (Å²) in [5.41, 5.74) is 16.5. The van der Waals surface area contributed by atoms with E-state index in [0.717, 1.165) is 19.3 Å². The number of rotatable bonds is 4. The van der Waals surface area contributed by atoms with Gasteiger partial charge in [-0.2, -0.15) is 0 Å². The predicted octanol–water partition coefficient (Wildman–Crippen LogP) is 4.00. The first-order valence-corrected chi connectivity index (χ1v) is 8.53. The molecule has 1 fully saturated rings. The first kappa shape index (κ1) is 16.0. The predicted molar refractivity (Wildman–Crippen MR) is 98.9 cm³/mol. The van der Waals surface area contributed by atoms with E-state index in [9.17, 15) is 0 Å². The lowest BCUT2D eigenvalue weighted by atomic mass is 9.74. The highest BCUT2D eigenvalue weighted by Gasteiger charge is 2.35. The Morgan fingerprint density at radius 3 is 2.48 bits per heavy atom. The van der Waals surface area contributed by atoms with Gasteiger partial charge in [0.05, 0.1) is 0 Å². The van der Waals surface area contributed by atoms with Crippen molar-refractivity contribution < 1.29 is 0 Å². The lowest BCUT2D eigenvalue weighted by molar-refractivity contribution is 0.251. The van der Waals surface area contributed by atoms with E-state index in [1.807, 2.05) is 6.07 Å². The molecule has 1 aliphatic carbocycles. The summed E-state index contributed by atoms with van der Waals surface area (Å²) in [6.07, 6.45) is 9.64. The van der Waals surface area contributed by atoms with Crippen molar-refractivity contribution in [2.45, 2.75) is 43.7 Å². The van der Waals surface area contributed by atoms with E-state index in [4.69, 9.17) is 11.5 Å². The molecule has 2 atom stereocenters. The quantitative estimate of drug-likeness (QED) is 0.839. The fraction of sp³-hybridized carbons (Fsp3) is 0.333. The van der Waals surface area contributed by atoms with Crippen LogP contribution in [0.5, 0.6) is 0 Å². The molecule has 2 nitrogen and oxygen atoms in total. The minimum absolute atomic E-state index is 0.0995. The summed E-state index contributed by atoms with van der Waals surface area (Å²) in [5.74, 6) is 0. The summed E-state index contributed by atoms with van der Waals surface area (Å²) in [4.78, 5) is 0. The van der Waals surface area contributed by atoms with E-state index in [1.54, 1.807) is 0 Å². The van der Waals surface area contributed by atoms with Crippen LogP contribution in [0.3, 0.4) is 0 Å². The third-order valence-electron chi connectivity index (χ3n) is 4.98. The van der Waals surface area contributed by atoms with E-state index in [0.29, 0.717) is 0 Å². The van der Waals surface area contributed by atoms with Gasteiger partial charge in [-0.15, -0.1) is 0 Å². The molecule has 0 aliphatic heterocycles. The zero-order valence-electron chi connectivity index (χ0n) is 13.6. The lowest BCUT2D eigenvalue weighted by Gasteiger charge is -2.39. The second kappa shape index (κ2) is 7.12. The zero-order valence-corrected chi connectivity index (χ0v) is 13.6. The maximum absolute atomic E-state index is 6.66. The molecule has 0 bridgehead atoms. The highest BCUT2D eigenvalue weighted by molar-refractivity contribution is 5.71. The van der Waals surface area contributed by atoms with Crippen molar-refractivity contribution in [3.8, 4) is 0 Å². The summed E-state index contributed by atoms with van der Waals surface area (Å²) in [6, 6.07) is 19.0. The smallest absolute Gasteiger partial charge is 0.0348 e. The standard InChI is InChI=1S/C21H26N2/c22-20-12-6-7-15-21(20,23)16-19-11-5-4-10-18(19)14-13-17-8-2-1-3-9-17/h1-5,8-11,13-14,20H,6-7,12,15-16,22-23H2. The van der Waals surface area contributed by atoms with Crippen LogP contribution in [0.2, 0.25) is 0 Å². The molecule has 3 rings (SSSR count). The summed E-state index contributed by atoms with van der Waals surface area (Å²) in [5, 5.41) is 0. The summed E-state index contributed by atoms with van der Waals surface area (Å²) >= 11 is 0. The van der Waals surface area contributed by atoms with Crippen molar-refractivity contribution in [1.82, 2.24) is 0 Å². The van der Waals surface area contributed by atoms with E-state index < -0.39 is 0 Å². The van der Waals surface area contributed by atoms with E-state index >= 15 is 0 Å². The van der Waals surface area contributed by atoms with E-state index in [1.165, 1.54) is 29.5 Å². The Morgan fingerprint density at radius 1 is 0.957 bits per heavy atom. The van der Waals surface area contributed by atoms with Gasteiger partial charge in [-0.25, -0.2) is 0 Å². The van der Waals surface area contributed by atoms with Crippen LogP contribution in [-0.4, -0.2) is 11.6 Å². The van der Waals surface area contributed by atoms with Gasteiger partial charge >= 0.3 is 0 Å². The van der Waals surface area contributed by atoms with Gasteiger partial charge in [-0.1, -0.05) is 79.6 Å². The molecule has 2 heteroatoms. The van der Waals surface area contributed by atoms with Gasteiger partial charge in [0, 0.05) is 11.6 Å². The molecule has 2 aromatic rings. The Kier molecular flexibility index (Phi) is 4.94. The van der Waals surface area contributed by atoms with Crippen molar-refractivity contribution in [2.75, 3.05) is 0 Å². The second-order valence-corrected chi connectivity index (χ2v) is 6.71. The molecule has 120 valence electrons. The minimum Gasteiger partial charge on any atom is -0.326 e. The molecular formula is C21H26N2. The van der Waals surface area contributed by atoms with Crippen LogP contribution in [0.1, 0.15) is 42.4 Å². The van der Waals surface area contributed by atoms with Crippen molar-refractivity contribution in [2.24, 2.45) is 11.5 Å². The Hall–Kier alpha value is -1.90. The Morgan fingerprint density at radius 2 is 1.70 bits per heavy atom. The number of hydrogen-bond acceptors (Lipinski definition) is 2. The van der Waals surface area contributed by atoms with Crippen molar-refractivity contribution in [3.63, 3.8) is 0 Å². The van der Waals surface area contributed by atoms with Crippen LogP contribution >= 0.6 is 0 Å². The fourth-order valence-corrected chi connectivity index (χ4v) is 3.47. The molecule has 1 aliphatic rings.